The van der Waals surface area contributed by atoms with Crippen molar-refractivity contribution in [3.63, 3.8) is 0 Å². The highest BCUT2D eigenvalue weighted by Crippen LogP contribution is 2.61. The first-order valence-electron chi connectivity index (χ1n) is 19.9. The van der Waals surface area contributed by atoms with Crippen LogP contribution >= 0.6 is 27.0 Å². The third-order valence-corrected chi connectivity index (χ3v) is 13.9. The van der Waals surface area contributed by atoms with Crippen LogP contribution in [-0.4, -0.2) is 126 Å². The Hall–Kier alpha value is -3.35. The molecule has 0 saturated carbocycles. The van der Waals surface area contributed by atoms with Gasteiger partial charge in [-0.3, -0.25) is 18.4 Å². The largest absolute Gasteiger partial charge is 0.481 e. The second-order valence-electron chi connectivity index (χ2n) is 15.6. The standard InChI is InChI=1S/C31H37N7O14P2S.C6H15N/c1-30(2)48-19-16(46-22(21(19)50-30)28-35-15(12-55-28)25(33)39)10-44-53(40,41)52-54(42,43)45-11-17-20-23(51-31(3,4)49-20)29(47-17)38-13-34-18-24(32)36-26(37-27(18)38)14-8-6-5-7-9-14;1-4-7(5-2)6-3/h5-9,12-13,16-17,19-23,29H,10-11H2,1-4H3,(H2,33,39)(H,40,41)(H,42,43)(H2,32,36,37);4-6H2,1-3H3/t16-,17-,19-,20-,21-,22-,23-,29-;/m1./s1. The maximum Gasteiger partial charge on any atom is 0.481 e. The fourth-order valence-corrected chi connectivity index (χ4v) is 10.6. The number of anilines is 1. The van der Waals surface area contributed by atoms with Crippen LogP contribution in [0.3, 0.4) is 0 Å². The highest BCUT2D eigenvalue weighted by molar-refractivity contribution is 7.61. The van der Waals surface area contributed by atoms with E-state index in [1.807, 2.05) is 30.3 Å². The number of rotatable bonds is 15. The van der Waals surface area contributed by atoms with Gasteiger partial charge in [0.25, 0.3) is 5.91 Å². The molecule has 4 aliphatic heterocycles. The zero-order valence-corrected chi connectivity index (χ0v) is 37.7. The molecule has 6 N–H and O–H groups in total. The first-order valence-corrected chi connectivity index (χ1v) is 23.8. The summed E-state index contributed by atoms with van der Waals surface area (Å²) < 4.78 is 79.0. The van der Waals surface area contributed by atoms with Crippen molar-refractivity contribution in [3.05, 3.63) is 52.7 Å². The van der Waals surface area contributed by atoms with E-state index in [-0.39, 0.29) is 11.5 Å². The van der Waals surface area contributed by atoms with Gasteiger partial charge in [0.1, 0.15) is 58.9 Å². The molecule has 7 heterocycles. The number of ether oxygens (including phenoxy) is 6. The van der Waals surface area contributed by atoms with Crippen LogP contribution < -0.4 is 11.5 Å². The number of nitrogens with two attached hydrogens (primary N) is 2. The molecule has 0 aliphatic carbocycles. The van der Waals surface area contributed by atoms with Gasteiger partial charge >= 0.3 is 15.6 Å². The van der Waals surface area contributed by atoms with E-state index in [2.05, 4.69) is 44.9 Å². The number of nitrogens with zero attached hydrogens (tertiary/aromatic N) is 6. The van der Waals surface area contributed by atoms with E-state index < -0.39 is 95.3 Å². The quantitative estimate of drug-likeness (QED) is 0.121. The van der Waals surface area contributed by atoms with Crippen molar-refractivity contribution in [3.8, 4) is 11.4 Å². The Morgan fingerprint density at radius 2 is 1.42 bits per heavy atom. The summed E-state index contributed by atoms with van der Waals surface area (Å²) in [5.41, 5.74) is 13.0. The normalized spacial score (nSPS) is 29.2. The second kappa shape index (κ2) is 18.3. The Labute approximate surface area is 361 Å². The summed E-state index contributed by atoms with van der Waals surface area (Å²) in [7, 11) is -10.6. The molecular formula is C37H52N8O14P2S. The fraction of sp³-hybridized carbons (Fsp3) is 0.595. The summed E-state index contributed by atoms with van der Waals surface area (Å²) in [5, 5.41) is 1.82. The van der Waals surface area contributed by atoms with Crippen LogP contribution in [0.4, 0.5) is 5.82 Å². The van der Waals surface area contributed by atoms with E-state index >= 15 is 0 Å². The molecule has 22 nitrogen and oxygen atoms in total. The summed E-state index contributed by atoms with van der Waals surface area (Å²) in [6, 6.07) is 9.20. The molecule has 0 radical (unpaired) electrons. The number of amides is 1. The molecule has 10 atom stereocenters. The molecule has 4 aliphatic rings. The van der Waals surface area contributed by atoms with Gasteiger partial charge < -0.3 is 54.6 Å². The lowest BCUT2D eigenvalue weighted by atomic mass is 10.1. The molecule has 2 unspecified atom stereocenters. The molecule has 1 amide bonds. The van der Waals surface area contributed by atoms with Gasteiger partial charge in [-0.1, -0.05) is 51.1 Å². The van der Waals surface area contributed by atoms with Crippen LogP contribution in [0.5, 0.6) is 0 Å². The topological polar surface area (TPSA) is 287 Å². The molecule has 4 saturated heterocycles. The Bertz CT molecular complexity index is 2310. The number of nitrogen functional groups attached to an aromatic ring is 1. The SMILES string of the molecule is CC1(C)O[C@@H]2[C@H](O1)[C@@H](COP(=O)(O)OP(=O)(O)OC[C@H]1O[C@@H](c3nc(C(N)=O)cs3)[C@@H]3OC(C)(C)O[C@@H]31)O[C@H]2n1cnc2c(N)nc(-c3ccccc3)nc21.CCN(CC)CC. The fourth-order valence-electron chi connectivity index (χ4n) is 7.59. The van der Waals surface area contributed by atoms with E-state index in [1.54, 1.807) is 32.3 Å². The molecule has 8 rings (SSSR count). The van der Waals surface area contributed by atoms with Crippen LogP contribution in [0.15, 0.2) is 42.0 Å². The first-order chi connectivity index (χ1) is 29.2. The minimum atomic E-state index is -5.29. The predicted octanol–water partition coefficient (Wildman–Crippen LogP) is 4.31. The monoisotopic (exact) mass is 926 g/mol. The third kappa shape index (κ3) is 10.3. The van der Waals surface area contributed by atoms with Crippen LogP contribution in [0, 0.1) is 0 Å². The Morgan fingerprint density at radius 3 is 1.98 bits per heavy atom. The first kappa shape index (κ1) is 46.6. The van der Waals surface area contributed by atoms with E-state index in [0.29, 0.717) is 22.0 Å². The second-order valence-corrected chi connectivity index (χ2v) is 19.5. The van der Waals surface area contributed by atoms with Crippen LogP contribution in [0.25, 0.3) is 22.6 Å². The van der Waals surface area contributed by atoms with Gasteiger partial charge in [-0.2, -0.15) is 4.31 Å². The number of thiazole rings is 1. The van der Waals surface area contributed by atoms with Gasteiger partial charge in [0.2, 0.25) is 0 Å². The maximum absolute atomic E-state index is 13.1. The van der Waals surface area contributed by atoms with Crippen molar-refractivity contribution in [2.45, 2.75) is 109 Å². The Balaban J connectivity index is 0.000000762. The molecule has 340 valence electrons. The number of primary amides is 1. The van der Waals surface area contributed by atoms with Crippen molar-refractivity contribution < 1.29 is 65.5 Å². The average Bonchev–Trinajstić information content (AvgIpc) is 4.06. The van der Waals surface area contributed by atoms with Gasteiger partial charge in [-0.05, 0) is 47.3 Å². The van der Waals surface area contributed by atoms with Gasteiger partial charge in [0.05, 0.1) is 19.5 Å². The summed E-state index contributed by atoms with van der Waals surface area (Å²) in [6.45, 7) is 15.6. The Kier molecular flexibility index (Phi) is 13.7. The zero-order chi connectivity index (χ0) is 44.8. The number of imidazole rings is 1. The highest BCUT2D eigenvalue weighted by Gasteiger charge is 2.58. The number of benzene rings is 1. The minimum absolute atomic E-state index is 0.0298. The third-order valence-electron chi connectivity index (χ3n) is 10.4. The molecule has 0 bridgehead atoms. The van der Waals surface area contributed by atoms with Crippen LogP contribution in [-0.2, 0) is 50.9 Å². The van der Waals surface area contributed by atoms with E-state index in [1.165, 1.54) is 31.3 Å². The molecule has 4 fully saturated rings. The molecule has 62 heavy (non-hydrogen) atoms. The van der Waals surface area contributed by atoms with Gasteiger partial charge in [0.15, 0.2) is 35.1 Å². The molecule has 0 spiro atoms. The number of phosphoric ester groups is 2. The summed E-state index contributed by atoms with van der Waals surface area (Å²) in [5.74, 6) is -2.39. The van der Waals surface area contributed by atoms with Gasteiger partial charge in [0, 0.05) is 10.9 Å². The molecule has 25 heteroatoms. The van der Waals surface area contributed by atoms with Crippen molar-refractivity contribution in [1.29, 1.82) is 0 Å². The highest BCUT2D eigenvalue weighted by atomic mass is 32.1. The van der Waals surface area contributed by atoms with Gasteiger partial charge in [-0.25, -0.2) is 29.1 Å². The minimum Gasteiger partial charge on any atom is -0.382 e. The smallest absolute Gasteiger partial charge is 0.382 e. The van der Waals surface area contributed by atoms with E-state index in [9.17, 15) is 23.7 Å². The summed E-state index contributed by atoms with van der Waals surface area (Å²) in [4.78, 5) is 52.7. The average molecular weight is 927 g/mol. The number of carbonyl (C=O) groups is 1. The maximum atomic E-state index is 13.1. The lowest BCUT2D eigenvalue weighted by Gasteiger charge is -2.25. The molecule has 1 aromatic carbocycles. The number of hydrogen-bond acceptors (Lipinski definition) is 19. The number of aromatic nitrogens is 5. The molecule has 4 aromatic rings. The summed E-state index contributed by atoms with van der Waals surface area (Å²) in [6.07, 6.45) is -5.53. The number of phosphoric acid groups is 2. The molecule has 3 aromatic heterocycles. The van der Waals surface area contributed by atoms with Crippen molar-refractivity contribution in [1.82, 2.24) is 29.4 Å². The lowest BCUT2D eigenvalue weighted by molar-refractivity contribution is -0.199. The summed E-state index contributed by atoms with van der Waals surface area (Å²) >= 11 is 1.11. The van der Waals surface area contributed by atoms with E-state index in [0.717, 1.165) is 16.9 Å². The van der Waals surface area contributed by atoms with Crippen molar-refractivity contribution >= 4 is 49.9 Å². The van der Waals surface area contributed by atoms with Crippen molar-refractivity contribution in [2.24, 2.45) is 5.73 Å². The zero-order valence-electron chi connectivity index (χ0n) is 35.1. The van der Waals surface area contributed by atoms with Gasteiger partial charge in [-0.15, -0.1) is 11.3 Å². The number of carbonyl (C=O) groups excluding carboxylic acids is 1. The van der Waals surface area contributed by atoms with Crippen molar-refractivity contribution in [2.75, 3.05) is 38.6 Å². The Morgan fingerprint density at radius 1 is 0.855 bits per heavy atom. The number of hydrogen-bond donors (Lipinski definition) is 4. The molecular weight excluding hydrogens is 874 g/mol. The predicted molar refractivity (Wildman–Crippen MR) is 221 cm³/mol. The van der Waals surface area contributed by atoms with Crippen LogP contribution in [0.2, 0.25) is 0 Å². The van der Waals surface area contributed by atoms with Crippen LogP contribution in [0.1, 0.15) is 76.3 Å². The lowest BCUT2D eigenvalue weighted by Crippen LogP contribution is -2.33. The van der Waals surface area contributed by atoms with E-state index in [4.69, 9.17) is 53.9 Å². The number of fused-ring (bicyclic) bond motifs is 3.